The highest BCUT2D eigenvalue weighted by atomic mass is 16.5. The van der Waals surface area contributed by atoms with Crippen LogP contribution in [0.2, 0.25) is 0 Å². The van der Waals surface area contributed by atoms with Crippen LogP contribution in [0.25, 0.3) is 0 Å². The summed E-state index contributed by atoms with van der Waals surface area (Å²) in [5, 5.41) is 3.15. The number of amides is 1. The van der Waals surface area contributed by atoms with E-state index in [0.29, 0.717) is 6.73 Å². The minimum absolute atomic E-state index is 0.107. The third kappa shape index (κ3) is 1.76. The van der Waals surface area contributed by atoms with Crippen LogP contribution in [0.4, 0.5) is 0 Å². The van der Waals surface area contributed by atoms with E-state index in [2.05, 4.69) is 5.32 Å². The first-order valence-corrected chi connectivity index (χ1v) is 4.11. The van der Waals surface area contributed by atoms with Crippen molar-refractivity contribution in [3.05, 3.63) is 0 Å². The zero-order chi connectivity index (χ0) is 9.19. The second kappa shape index (κ2) is 3.41. The third-order valence-corrected chi connectivity index (χ3v) is 2.06. The molecule has 1 aliphatic heterocycles. The van der Waals surface area contributed by atoms with E-state index in [-0.39, 0.29) is 5.91 Å². The summed E-state index contributed by atoms with van der Waals surface area (Å²) in [6.45, 7) is 5.73. The quantitative estimate of drug-likeness (QED) is 0.627. The average molecular weight is 172 g/mol. The zero-order valence-corrected chi connectivity index (χ0v) is 7.89. The molecule has 1 N–H and O–H groups in total. The lowest BCUT2D eigenvalue weighted by atomic mass is 10.0. The minimum atomic E-state index is -0.434. The van der Waals surface area contributed by atoms with Crippen molar-refractivity contribution in [3.8, 4) is 0 Å². The van der Waals surface area contributed by atoms with Crippen molar-refractivity contribution in [2.24, 2.45) is 0 Å². The molecule has 1 heterocycles. The molecule has 1 saturated heterocycles. The number of hydrogen-bond donors (Lipinski definition) is 1. The van der Waals surface area contributed by atoms with Gasteiger partial charge in [-0.2, -0.15) is 0 Å². The SMILES string of the molecule is COCN1CCNC(C)(C)C1=O. The molecule has 1 fully saturated rings. The maximum absolute atomic E-state index is 11.6. The average Bonchev–Trinajstić information content (AvgIpc) is 1.99. The van der Waals surface area contributed by atoms with Gasteiger partial charge in [0.15, 0.2) is 0 Å². The lowest BCUT2D eigenvalue weighted by Crippen LogP contribution is -2.61. The summed E-state index contributed by atoms with van der Waals surface area (Å²) in [6.07, 6.45) is 0. The van der Waals surface area contributed by atoms with Crippen LogP contribution in [-0.4, -0.2) is 43.3 Å². The van der Waals surface area contributed by atoms with E-state index in [9.17, 15) is 4.79 Å². The number of ether oxygens (including phenoxy) is 1. The van der Waals surface area contributed by atoms with Crippen LogP contribution in [0.3, 0.4) is 0 Å². The molecule has 1 rings (SSSR count). The van der Waals surface area contributed by atoms with Crippen LogP contribution in [-0.2, 0) is 9.53 Å². The number of nitrogens with zero attached hydrogens (tertiary/aromatic N) is 1. The van der Waals surface area contributed by atoms with E-state index < -0.39 is 5.54 Å². The first-order valence-electron chi connectivity index (χ1n) is 4.11. The number of methoxy groups -OCH3 is 1. The summed E-state index contributed by atoms with van der Waals surface area (Å²) >= 11 is 0. The molecule has 0 atom stereocenters. The largest absolute Gasteiger partial charge is 0.364 e. The molecular weight excluding hydrogens is 156 g/mol. The van der Waals surface area contributed by atoms with Gasteiger partial charge in [-0.15, -0.1) is 0 Å². The van der Waals surface area contributed by atoms with Gasteiger partial charge in [0.1, 0.15) is 6.73 Å². The van der Waals surface area contributed by atoms with Gasteiger partial charge < -0.3 is 15.0 Å². The zero-order valence-electron chi connectivity index (χ0n) is 7.89. The second-order valence-corrected chi connectivity index (χ2v) is 3.54. The molecule has 0 aliphatic carbocycles. The van der Waals surface area contributed by atoms with Gasteiger partial charge in [0.05, 0.1) is 5.54 Å². The number of rotatable bonds is 2. The van der Waals surface area contributed by atoms with Crippen LogP contribution in [0.1, 0.15) is 13.8 Å². The van der Waals surface area contributed by atoms with Gasteiger partial charge in [0, 0.05) is 20.2 Å². The molecular formula is C8H16N2O2. The Hall–Kier alpha value is -0.610. The van der Waals surface area contributed by atoms with Gasteiger partial charge >= 0.3 is 0 Å². The van der Waals surface area contributed by atoms with Crippen LogP contribution >= 0.6 is 0 Å². The molecule has 4 heteroatoms. The molecule has 0 saturated carbocycles. The van der Waals surface area contributed by atoms with Gasteiger partial charge in [-0.1, -0.05) is 0 Å². The first kappa shape index (κ1) is 9.48. The molecule has 0 aromatic rings. The Kier molecular flexibility index (Phi) is 2.69. The molecule has 0 unspecified atom stereocenters. The lowest BCUT2D eigenvalue weighted by molar-refractivity contribution is -0.144. The Morgan fingerprint density at radius 2 is 2.33 bits per heavy atom. The van der Waals surface area contributed by atoms with Crippen LogP contribution in [0.5, 0.6) is 0 Å². The van der Waals surface area contributed by atoms with Crippen molar-refractivity contribution in [2.75, 3.05) is 26.9 Å². The summed E-state index contributed by atoms with van der Waals surface area (Å²) in [6, 6.07) is 0. The summed E-state index contributed by atoms with van der Waals surface area (Å²) in [5.41, 5.74) is -0.434. The fourth-order valence-electron chi connectivity index (χ4n) is 1.35. The van der Waals surface area contributed by atoms with Gasteiger partial charge in [-0.05, 0) is 13.8 Å². The van der Waals surface area contributed by atoms with E-state index in [4.69, 9.17) is 4.74 Å². The van der Waals surface area contributed by atoms with Crippen molar-refractivity contribution in [1.82, 2.24) is 10.2 Å². The molecule has 1 amide bonds. The highest BCUT2D eigenvalue weighted by Gasteiger charge is 2.34. The molecule has 1 aliphatic rings. The van der Waals surface area contributed by atoms with E-state index in [0.717, 1.165) is 13.1 Å². The highest BCUT2D eigenvalue weighted by molar-refractivity contribution is 5.86. The molecule has 0 aromatic heterocycles. The van der Waals surface area contributed by atoms with Gasteiger partial charge in [-0.3, -0.25) is 4.79 Å². The Bertz CT molecular complexity index is 178. The van der Waals surface area contributed by atoms with Crippen molar-refractivity contribution in [2.45, 2.75) is 19.4 Å². The summed E-state index contributed by atoms with van der Waals surface area (Å²) in [7, 11) is 1.60. The number of carbonyl (C=O) groups is 1. The smallest absolute Gasteiger partial charge is 0.244 e. The van der Waals surface area contributed by atoms with E-state index in [1.165, 1.54) is 0 Å². The van der Waals surface area contributed by atoms with Gasteiger partial charge in [0.2, 0.25) is 5.91 Å². The number of carbonyl (C=O) groups excluding carboxylic acids is 1. The van der Waals surface area contributed by atoms with Crippen molar-refractivity contribution < 1.29 is 9.53 Å². The van der Waals surface area contributed by atoms with Crippen LogP contribution in [0, 0.1) is 0 Å². The van der Waals surface area contributed by atoms with Crippen molar-refractivity contribution in [3.63, 3.8) is 0 Å². The normalized spacial score (nSPS) is 22.9. The molecule has 0 radical (unpaired) electrons. The second-order valence-electron chi connectivity index (χ2n) is 3.54. The lowest BCUT2D eigenvalue weighted by Gasteiger charge is -2.37. The van der Waals surface area contributed by atoms with Crippen molar-refractivity contribution in [1.29, 1.82) is 0 Å². The molecule has 0 aromatic carbocycles. The van der Waals surface area contributed by atoms with E-state index in [1.807, 2.05) is 13.8 Å². The standard InChI is InChI=1S/C8H16N2O2/c1-8(2)7(11)10(6-12-3)5-4-9-8/h9H,4-6H2,1-3H3. The number of piperazine rings is 1. The summed E-state index contributed by atoms with van der Waals surface area (Å²) < 4.78 is 4.92. The Morgan fingerprint density at radius 3 is 2.92 bits per heavy atom. The Morgan fingerprint density at radius 1 is 1.67 bits per heavy atom. The topological polar surface area (TPSA) is 41.6 Å². The maximum Gasteiger partial charge on any atom is 0.244 e. The van der Waals surface area contributed by atoms with Crippen LogP contribution in [0.15, 0.2) is 0 Å². The number of nitrogens with one attached hydrogen (secondary N) is 1. The fraction of sp³-hybridized carbons (Fsp3) is 0.875. The van der Waals surface area contributed by atoms with E-state index >= 15 is 0 Å². The molecule has 4 nitrogen and oxygen atoms in total. The van der Waals surface area contributed by atoms with Crippen molar-refractivity contribution >= 4 is 5.91 Å². The fourth-order valence-corrected chi connectivity index (χ4v) is 1.35. The molecule has 0 spiro atoms. The minimum Gasteiger partial charge on any atom is -0.364 e. The highest BCUT2D eigenvalue weighted by Crippen LogP contribution is 2.11. The summed E-state index contributed by atoms with van der Waals surface area (Å²) in [4.78, 5) is 13.3. The first-order chi connectivity index (χ1) is 5.58. The Balaban J connectivity index is 2.60. The molecule has 70 valence electrons. The van der Waals surface area contributed by atoms with Gasteiger partial charge in [0.25, 0.3) is 0 Å². The van der Waals surface area contributed by atoms with Crippen LogP contribution < -0.4 is 5.32 Å². The molecule has 12 heavy (non-hydrogen) atoms. The predicted octanol–water partition coefficient (Wildman–Crippen LogP) is -0.199. The maximum atomic E-state index is 11.6. The molecule has 0 bridgehead atoms. The summed E-state index contributed by atoms with van der Waals surface area (Å²) in [5.74, 6) is 0.107. The monoisotopic (exact) mass is 172 g/mol. The predicted molar refractivity (Wildman–Crippen MR) is 45.7 cm³/mol. The van der Waals surface area contributed by atoms with E-state index in [1.54, 1.807) is 12.0 Å². The number of hydrogen-bond acceptors (Lipinski definition) is 3. The van der Waals surface area contributed by atoms with Gasteiger partial charge in [-0.25, -0.2) is 0 Å². The third-order valence-electron chi connectivity index (χ3n) is 2.06. The Labute approximate surface area is 72.9 Å².